The number of rotatable bonds is 5. The van der Waals surface area contributed by atoms with E-state index >= 15 is 0 Å². The molecule has 1 rings (SSSR count). The summed E-state index contributed by atoms with van der Waals surface area (Å²) in [6.07, 6.45) is 0.365. The van der Waals surface area contributed by atoms with Crippen LogP contribution >= 0.6 is 0 Å². The third kappa shape index (κ3) is 5.14. The molecule has 3 atom stereocenters. The molecule has 0 heterocycles. The zero-order valence-corrected chi connectivity index (χ0v) is 11.6. The fourth-order valence-corrected chi connectivity index (χ4v) is 3.08. The zero-order valence-electron chi connectivity index (χ0n) is 11.6. The van der Waals surface area contributed by atoms with Crippen molar-refractivity contribution in [2.75, 3.05) is 27.2 Å². The van der Waals surface area contributed by atoms with Crippen LogP contribution < -0.4 is 5.32 Å². The Balaban J connectivity index is 2.50. The summed E-state index contributed by atoms with van der Waals surface area (Å²) >= 11 is 0. The van der Waals surface area contributed by atoms with Crippen molar-refractivity contribution < 1.29 is 13.2 Å². The highest BCUT2D eigenvalue weighted by molar-refractivity contribution is 4.85. The first kappa shape index (κ1) is 15.8. The summed E-state index contributed by atoms with van der Waals surface area (Å²) in [4.78, 5) is 1.41. The topological polar surface area (TPSA) is 15.3 Å². The highest BCUT2D eigenvalue weighted by atomic mass is 19.4. The smallest absolute Gasteiger partial charge is 0.317 e. The Labute approximate surface area is 108 Å². The van der Waals surface area contributed by atoms with Crippen molar-refractivity contribution in [2.45, 2.75) is 44.8 Å². The van der Waals surface area contributed by atoms with E-state index in [4.69, 9.17) is 0 Å². The lowest BCUT2D eigenvalue weighted by molar-refractivity contribution is -0.144. The predicted molar refractivity (Wildman–Crippen MR) is 67.5 cm³/mol. The van der Waals surface area contributed by atoms with Crippen LogP contribution in [0.5, 0.6) is 0 Å². The monoisotopic (exact) mass is 266 g/mol. The molecule has 0 spiro atoms. The van der Waals surface area contributed by atoms with Crippen LogP contribution in [-0.2, 0) is 0 Å². The van der Waals surface area contributed by atoms with Crippen molar-refractivity contribution in [3.8, 4) is 0 Å². The van der Waals surface area contributed by atoms with Crippen molar-refractivity contribution in [3.63, 3.8) is 0 Å². The van der Waals surface area contributed by atoms with Crippen molar-refractivity contribution in [1.82, 2.24) is 10.2 Å². The highest BCUT2D eigenvalue weighted by Crippen LogP contribution is 2.32. The predicted octanol–water partition coefficient (Wildman–Crippen LogP) is 2.89. The Morgan fingerprint density at radius 3 is 2.44 bits per heavy atom. The summed E-state index contributed by atoms with van der Waals surface area (Å²) in [6, 6.07) is 0.364. The summed E-state index contributed by atoms with van der Waals surface area (Å²) in [5.74, 6) is 1.01. The van der Waals surface area contributed by atoms with Gasteiger partial charge in [0.05, 0.1) is 6.54 Å². The molecule has 1 fully saturated rings. The van der Waals surface area contributed by atoms with Crippen LogP contribution in [0.1, 0.15) is 32.6 Å². The normalized spacial score (nSPS) is 29.8. The van der Waals surface area contributed by atoms with E-state index in [2.05, 4.69) is 12.2 Å². The van der Waals surface area contributed by atoms with Crippen LogP contribution in [0, 0.1) is 11.8 Å². The third-order valence-corrected chi connectivity index (χ3v) is 4.03. The summed E-state index contributed by atoms with van der Waals surface area (Å²) in [5, 5.41) is 3.26. The number of nitrogens with zero attached hydrogens (tertiary/aromatic N) is 1. The third-order valence-electron chi connectivity index (χ3n) is 4.03. The van der Waals surface area contributed by atoms with E-state index < -0.39 is 12.7 Å². The molecule has 0 aromatic carbocycles. The number of halogens is 3. The van der Waals surface area contributed by atoms with Crippen LogP contribution in [-0.4, -0.2) is 44.3 Å². The molecule has 0 aromatic heterocycles. The van der Waals surface area contributed by atoms with Gasteiger partial charge in [0.15, 0.2) is 0 Å². The first-order valence-corrected chi connectivity index (χ1v) is 6.78. The van der Waals surface area contributed by atoms with Gasteiger partial charge in [-0.1, -0.05) is 13.3 Å². The second-order valence-corrected chi connectivity index (χ2v) is 5.55. The second-order valence-electron chi connectivity index (χ2n) is 5.55. The summed E-state index contributed by atoms with van der Waals surface area (Å²) in [5.41, 5.74) is 0. The molecule has 0 bridgehead atoms. The van der Waals surface area contributed by atoms with Crippen molar-refractivity contribution in [2.24, 2.45) is 11.8 Å². The average Bonchev–Trinajstić information content (AvgIpc) is 2.26. The molecule has 0 amide bonds. The molecule has 1 aliphatic rings. The van der Waals surface area contributed by atoms with Gasteiger partial charge in [-0.15, -0.1) is 0 Å². The quantitative estimate of drug-likeness (QED) is 0.823. The minimum Gasteiger partial charge on any atom is -0.317 e. The van der Waals surface area contributed by atoms with Gasteiger partial charge < -0.3 is 5.32 Å². The average molecular weight is 266 g/mol. The molecule has 0 saturated heterocycles. The van der Waals surface area contributed by atoms with E-state index in [9.17, 15) is 13.2 Å². The summed E-state index contributed by atoms with van der Waals surface area (Å²) in [6.45, 7) is 1.89. The SMILES string of the molecule is CCC1CCC(NC)C(CN(C)CC(F)(F)F)C1. The minimum atomic E-state index is -4.09. The lowest BCUT2D eigenvalue weighted by Gasteiger charge is -2.38. The van der Waals surface area contributed by atoms with Gasteiger partial charge in [-0.2, -0.15) is 13.2 Å². The van der Waals surface area contributed by atoms with Crippen LogP contribution in [0.25, 0.3) is 0 Å². The molecule has 0 aromatic rings. The van der Waals surface area contributed by atoms with Gasteiger partial charge in [-0.25, -0.2) is 0 Å². The van der Waals surface area contributed by atoms with E-state index in [0.29, 0.717) is 24.4 Å². The molecular formula is C13H25F3N2. The van der Waals surface area contributed by atoms with Gasteiger partial charge in [-0.05, 0) is 45.2 Å². The van der Waals surface area contributed by atoms with E-state index in [1.807, 2.05) is 7.05 Å². The lowest BCUT2D eigenvalue weighted by Crippen LogP contribution is -2.45. The maximum Gasteiger partial charge on any atom is 0.401 e. The first-order valence-electron chi connectivity index (χ1n) is 6.78. The first-order chi connectivity index (χ1) is 8.35. The van der Waals surface area contributed by atoms with Gasteiger partial charge in [0.25, 0.3) is 0 Å². The van der Waals surface area contributed by atoms with Crippen molar-refractivity contribution >= 4 is 0 Å². The highest BCUT2D eigenvalue weighted by Gasteiger charge is 2.33. The fraction of sp³-hybridized carbons (Fsp3) is 1.00. The Bertz CT molecular complexity index is 243. The van der Waals surface area contributed by atoms with Gasteiger partial charge in [-0.3, -0.25) is 4.90 Å². The van der Waals surface area contributed by atoms with Gasteiger partial charge in [0.1, 0.15) is 0 Å². The Morgan fingerprint density at radius 1 is 1.28 bits per heavy atom. The molecule has 3 unspecified atom stereocenters. The van der Waals surface area contributed by atoms with Crippen molar-refractivity contribution in [1.29, 1.82) is 0 Å². The maximum absolute atomic E-state index is 12.3. The van der Waals surface area contributed by atoms with E-state index in [0.717, 1.165) is 19.3 Å². The number of hydrogen-bond acceptors (Lipinski definition) is 2. The fourth-order valence-electron chi connectivity index (χ4n) is 3.08. The van der Waals surface area contributed by atoms with Crippen LogP contribution in [0.3, 0.4) is 0 Å². The molecular weight excluding hydrogens is 241 g/mol. The summed E-state index contributed by atoms with van der Waals surface area (Å²) < 4.78 is 37.0. The largest absolute Gasteiger partial charge is 0.401 e. The Kier molecular flexibility index (Phi) is 5.92. The second kappa shape index (κ2) is 6.75. The zero-order chi connectivity index (χ0) is 13.8. The molecule has 5 heteroatoms. The van der Waals surface area contributed by atoms with Gasteiger partial charge in [0, 0.05) is 12.6 Å². The molecule has 108 valence electrons. The summed E-state index contributed by atoms with van der Waals surface area (Å²) in [7, 11) is 3.48. The standard InChI is InChI=1S/C13H25F3N2/c1-4-10-5-6-12(17-2)11(7-10)8-18(3)9-13(14,15)16/h10-12,17H,4-9H2,1-3H3. The lowest BCUT2D eigenvalue weighted by atomic mass is 9.76. The molecule has 18 heavy (non-hydrogen) atoms. The van der Waals surface area contributed by atoms with Gasteiger partial charge in [0.2, 0.25) is 0 Å². The molecule has 1 N–H and O–H groups in total. The van der Waals surface area contributed by atoms with Crippen molar-refractivity contribution in [3.05, 3.63) is 0 Å². The molecule has 0 radical (unpaired) electrons. The number of alkyl halides is 3. The van der Waals surface area contributed by atoms with Crippen LogP contribution in [0.2, 0.25) is 0 Å². The van der Waals surface area contributed by atoms with E-state index in [1.165, 1.54) is 11.3 Å². The van der Waals surface area contributed by atoms with Crippen LogP contribution in [0.4, 0.5) is 13.2 Å². The van der Waals surface area contributed by atoms with Gasteiger partial charge >= 0.3 is 6.18 Å². The molecule has 1 saturated carbocycles. The van der Waals surface area contributed by atoms with E-state index in [-0.39, 0.29) is 0 Å². The Hall–Kier alpha value is -0.290. The number of hydrogen-bond donors (Lipinski definition) is 1. The number of nitrogens with one attached hydrogen (secondary N) is 1. The minimum absolute atomic E-state index is 0.334. The molecule has 0 aliphatic heterocycles. The molecule has 2 nitrogen and oxygen atoms in total. The van der Waals surface area contributed by atoms with E-state index in [1.54, 1.807) is 7.05 Å². The Morgan fingerprint density at radius 2 is 1.94 bits per heavy atom. The maximum atomic E-state index is 12.3. The van der Waals surface area contributed by atoms with Crippen LogP contribution in [0.15, 0.2) is 0 Å². The molecule has 1 aliphatic carbocycles.